The minimum atomic E-state index is 1.01. The maximum absolute atomic E-state index is 4.34. The smallest absolute Gasteiger partial charge is 0.208 e. The lowest BCUT2D eigenvalue weighted by Gasteiger charge is -2.26. The van der Waals surface area contributed by atoms with E-state index < -0.39 is 0 Å². The lowest BCUT2D eigenvalue weighted by Crippen LogP contribution is -2.43. The Morgan fingerprint density at radius 3 is 2.63 bits per heavy atom. The zero-order valence-electron chi connectivity index (χ0n) is 11.3. The number of aromatic nitrogens is 2. The average Bonchev–Trinajstić information content (AvgIpc) is 2.93. The molecule has 1 aromatic heterocycles. The monoisotopic (exact) mass is 274 g/mol. The normalized spacial score (nSPS) is 15.8. The first kappa shape index (κ1) is 12.6. The Balaban J connectivity index is 1.85. The summed E-state index contributed by atoms with van der Waals surface area (Å²) in [6.07, 6.45) is 0. The van der Waals surface area contributed by atoms with Crippen LogP contribution in [0.25, 0.3) is 10.6 Å². The van der Waals surface area contributed by atoms with Crippen molar-refractivity contribution in [3.63, 3.8) is 0 Å². The molecule has 0 bridgehead atoms. The highest BCUT2D eigenvalue weighted by molar-refractivity contribution is 7.18. The number of piperazine rings is 1. The van der Waals surface area contributed by atoms with Gasteiger partial charge in [0, 0.05) is 31.7 Å². The molecule has 0 spiro atoms. The van der Waals surface area contributed by atoms with Gasteiger partial charge < -0.3 is 10.2 Å². The Morgan fingerprint density at radius 1 is 1.11 bits per heavy atom. The van der Waals surface area contributed by atoms with E-state index in [4.69, 9.17) is 0 Å². The maximum atomic E-state index is 4.34. The van der Waals surface area contributed by atoms with Crippen LogP contribution in [-0.2, 0) is 0 Å². The van der Waals surface area contributed by atoms with E-state index in [1.807, 2.05) is 0 Å². The Morgan fingerprint density at radius 2 is 1.89 bits per heavy atom. The zero-order valence-corrected chi connectivity index (χ0v) is 12.1. The maximum Gasteiger partial charge on any atom is 0.208 e. The molecule has 0 saturated carbocycles. The van der Waals surface area contributed by atoms with Crippen molar-refractivity contribution in [3.8, 4) is 10.6 Å². The van der Waals surface area contributed by atoms with Gasteiger partial charge in [-0.1, -0.05) is 23.5 Å². The van der Waals surface area contributed by atoms with Crippen LogP contribution in [0.5, 0.6) is 0 Å². The molecule has 0 amide bonds. The second-order valence-corrected chi connectivity index (χ2v) is 5.88. The van der Waals surface area contributed by atoms with E-state index in [1.54, 1.807) is 11.3 Å². The molecular weight excluding hydrogens is 256 g/mol. The number of rotatable bonds is 2. The summed E-state index contributed by atoms with van der Waals surface area (Å²) in [7, 11) is 0. The van der Waals surface area contributed by atoms with Crippen LogP contribution in [0.1, 0.15) is 11.1 Å². The molecule has 1 aromatic carbocycles. The Hall–Kier alpha value is -1.46. The van der Waals surface area contributed by atoms with E-state index in [-0.39, 0.29) is 0 Å². The van der Waals surface area contributed by atoms with Crippen molar-refractivity contribution in [1.82, 2.24) is 15.5 Å². The highest BCUT2D eigenvalue weighted by Gasteiger charge is 2.15. The van der Waals surface area contributed by atoms with Gasteiger partial charge in [0.25, 0.3) is 0 Å². The van der Waals surface area contributed by atoms with Crippen molar-refractivity contribution in [3.05, 3.63) is 29.3 Å². The molecule has 19 heavy (non-hydrogen) atoms. The third kappa shape index (κ3) is 2.62. The van der Waals surface area contributed by atoms with Crippen LogP contribution >= 0.6 is 11.3 Å². The van der Waals surface area contributed by atoms with Crippen molar-refractivity contribution in [2.24, 2.45) is 0 Å². The number of nitrogens with zero attached hydrogens (tertiary/aromatic N) is 3. The third-order valence-corrected chi connectivity index (χ3v) is 4.59. The van der Waals surface area contributed by atoms with Gasteiger partial charge in [0.1, 0.15) is 5.01 Å². The second kappa shape index (κ2) is 5.27. The highest BCUT2D eigenvalue weighted by Crippen LogP contribution is 2.29. The van der Waals surface area contributed by atoms with Gasteiger partial charge >= 0.3 is 0 Å². The Bertz CT molecular complexity index is 573. The number of benzene rings is 1. The van der Waals surface area contributed by atoms with E-state index in [1.165, 1.54) is 16.7 Å². The van der Waals surface area contributed by atoms with Crippen molar-refractivity contribution in [1.29, 1.82) is 0 Å². The van der Waals surface area contributed by atoms with Crippen molar-refractivity contribution >= 4 is 16.5 Å². The quantitative estimate of drug-likeness (QED) is 0.912. The largest absolute Gasteiger partial charge is 0.344 e. The topological polar surface area (TPSA) is 41.1 Å². The molecule has 0 unspecified atom stereocenters. The molecule has 2 heterocycles. The molecule has 0 atom stereocenters. The van der Waals surface area contributed by atoms with Gasteiger partial charge in [0.05, 0.1) is 0 Å². The predicted molar refractivity (Wildman–Crippen MR) is 79.9 cm³/mol. The summed E-state index contributed by atoms with van der Waals surface area (Å²) in [5.74, 6) is 0. The number of aryl methyl sites for hydroxylation is 2. The summed E-state index contributed by atoms with van der Waals surface area (Å²) in [5, 5.41) is 14.1. The van der Waals surface area contributed by atoms with Gasteiger partial charge in [-0.05, 0) is 31.0 Å². The summed E-state index contributed by atoms with van der Waals surface area (Å²) in [5.41, 5.74) is 3.79. The summed E-state index contributed by atoms with van der Waals surface area (Å²) >= 11 is 1.68. The minimum Gasteiger partial charge on any atom is -0.344 e. The molecule has 1 fully saturated rings. The van der Waals surface area contributed by atoms with Gasteiger partial charge in [-0.25, -0.2) is 0 Å². The third-order valence-electron chi connectivity index (χ3n) is 3.56. The molecule has 1 N–H and O–H groups in total. The summed E-state index contributed by atoms with van der Waals surface area (Å²) in [6.45, 7) is 8.35. The number of nitrogens with one attached hydrogen (secondary N) is 1. The zero-order chi connectivity index (χ0) is 13.2. The highest BCUT2D eigenvalue weighted by atomic mass is 32.1. The van der Waals surface area contributed by atoms with Gasteiger partial charge in [-0.3, -0.25) is 0 Å². The van der Waals surface area contributed by atoms with Crippen molar-refractivity contribution in [2.75, 3.05) is 31.1 Å². The van der Waals surface area contributed by atoms with E-state index in [0.29, 0.717) is 0 Å². The molecule has 2 aromatic rings. The number of hydrogen-bond acceptors (Lipinski definition) is 5. The van der Waals surface area contributed by atoms with Gasteiger partial charge in [-0.15, -0.1) is 10.2 Å². The first-order valence-corrected chi connectivity index (χ1v) is 7.42. The van der Waals surface area contributed by atoms with Gasteiger partial charge in [-0.2, -0.15) is 0 Å². The molecule has 0 radical (unpaired) electrons. The SMILES string of the molecule is Cc1ccc(-c2nnc(N3CCNCC3)s2)cc1C. The molecule has 1 aliphatic rings. The Labute approximate surface area is 117 Å². The van der Waals surface area contributed by atoms with Crippen molar-refractivity contribution < 1.29 is 0 Å². The molecule has 3 rings (SSSR count). The number of anilines is 1. The minimum absolute atomic E-state index is 1.01. The standard InChI is InChI=1S/C14H18N4S/c1-10-3-4-12(9-11(10)2)13-16-17-14(19-13)18-7-5-15-6-8-18/h3-4,9,15H,5-8H2,1-2H3. The Kier molecular flexibility index (Phi) is 3.48. The lowest BCUT2D eigenvalue weighted by molar-refractivity contribution is 0.587. The molecule has 100 valence electrons. The summed E-state index contributed by atoms with van der Waals surface area (Å²) in [4.78, 5) is 2.30. The molecule has 1 saturated heterocycles. The van der Waals surface area contributed by atoms with Crippen LogP contribution in [-0.4, -0.2) is 36.4 Å². The van der Waals surface area contributed by atoms with Gasteiger partial charge in [0.2, 0.25) is 5.13 Å². The fourth-order valence-electron chi connectivity index (χ4n) is 2.19. The fraction of sp³-hybridized carbons (Fsp3) is 0.429. The molecule has 5 heteroatoms. The predicted octanol–water partition coefficient (Wildman–Crippen LogP) is 2.23. The summed E-state index contributed by atoms with van der Waals surface area (Å²) in [6, 6.07) is 6.47. The van der Waals surface area contributed by atoms with Crippen LogP contribution in [0.3, 0.4) is 0 Å². The van der Waals surface area contributed by atoms with E-state index in [9.17, 15) is 0 Å². The van der Waals surface area contributed by atoms with Crippen LogP contribution < -0.4 is 10.2 Å². The summed E-state index contributed by atoms with van der Waals surface area (Å²) < 4.78 is 0. The van der Waals surface area contributed by atoms with E-state index >= 15 is 0 Å². The van der Waals surface area contributed by atoms with Gasteiger partial charge in [0.15, 0.2) is 0 Å². The average molecular weight is 274 g/mol. The number of hydrogen-bond donors (Lipinski definition) is 1. The molecular formula is C14H18N4S. The molecule has 4 nitrogen and oxygen atoms in total. The van der Waals surface area contributed by atoms with Crippen molar-refractivity contribution in [2.45, 2.75) is 13.8 Å². The first-order valence-electron chi connectivity index (χ1n) is 6.61. The van der Waals surface area contributed by atoms with Crippen LogP contribution in [0.2, 0.25) is 0 Å². The van der Waals surface area contributed by atoms with Crippen LogP contribution in [0.4, 0.5) is 5.13 Å². The van der Waals surface area contributed by atoms with E-state index in [2.05, 4.69) is 52.5 Å². The second-order valence-electron chi connectivity index (χ2n) is 4.93. The van der Waals surface area contributed by atoms with E-state index in [0.717, 1.165) is 36.3 Å². The van der Waals surface area contributed by atoms with Crippen LogP contribution in [0, 0.1) is 13.8 Å². The molecule has 1 aliphatic heterocycles. The fourth-order valence-corrected chi connectivity index (χ4v) is 3.08. The lowest BCUT2D eigenvalue weighted by atomic mass is 10.1. The first-order chi connectivity index (χ1) is 9.24. The molecule has 0 aliphatic carbocycles. The van der Waals surface area contributed by atoms with Crippen LogP contribution in [0.15, 0.2) is 18.2 Å².